The Hall–Kier alpha value is -3.78. The standard InChI is InChI=1S/C26H26ClF2N5O/c1-26(28,29)23(32-2)15-22(33-21-6-4-3-5-20(21)27)16-7-9-18(10-8-16)25(35)34-24(31)17-11-13-19(30)14-12-17/h3-9,11-15,18,33H,10,30H2,1-2H3,(H2,31,34,35)/b22-15-,32-23+. The van der Waals surface area contributed by atoms with E-state index in [4.69, 9.17) is 22.7 Å². The topological polar surface area (TPSA) is 103 Å². The smallest absolute Gasteiger partial charge is 0.286 e. The Balaban J connectivity index is 1.79. The van der Waals surface area contributed by atoms with Gasteiger partial charge in [-0.25, -0.2) is 0 Å². The van der Waals surface area contributed by atoms with Gasteiger partial charge in [0, 0.05) is 30.9 Å². The lowest BCUT2D eigenvalue weighted by atomic mass is 9.93. The number of rotatable bonds is 7. The van der Waals surface area contributed by atoms with E-state index in [-0.39, 0.29) is 11.7 Å². The SMILES string of the molecule is C/N=C(\C=C(/Nc1ccccc1Cl)C1=CCC(C(=O)NC(=N)c2ccc(N)cc2)C=C1)C(C)(F)F. The normalized spacial score (nSPS) is 16.5. The first-order chi connectivity index (χ1) is 16.6. The minimum absolute atomic E-state index is 0.0341. The third-order valence-electron chi connectivity index (χ3n) is 5.31. The van der Waals surface area contributed by atoms with Crippen molar-refractivity contribution in [1.82, 2.24) is 5.32 Å². The molecule has 1 unspecified atom stereocenters. The number of aliphatic imine (C=N–C) groups is 1. The number of nitrogen functional groups attached to an aromatic ring is 1. The molecule has 5 N–H and O–H groups in total. The summed E-state index contributed by atoms with van der Waals surface area (Å²) in [5.74, 6) is -4.06. The maximum atomic E-state index is 14.0. The fraction of sp³-hybridized carbons (Fsp3) is 0.192. The zero-order valence-electron chi connectivity index (χ0n) is 19.3. The number of hydrogen-bond donors (Lipinski definition) is 4. The van der Waals surface area contributed by atoms with Gasteiger partial charge in [0.2, 0.25) is 5.91 Å². The van der Waals surface area contributed by atoms with E-state index in [1.807, 2.05) is 0 Å². The van der Waals surface area contributed by atoms with Gasteiger partial charge in [-0.3, -0.25) is 15.2 Å². The fourth-order valence-electron chi connectivity index (χ4n) is 3.38. The predicted molar refractivity (Wildman–Crippen MR) is 138 cm³/mol. The molecule has 0 heterocycles. The van der Waals surface area contributed by atoms with E-state index in [2.05, 4.69) is 15.6 Å². The highest BCUT2D eigenvalue weighted by Crippen LogP contribution is 2.29. The molecular weight excluding hydrogens is 472 g/mol. The van der Waals surface area contributed by atoms with Crippen LogP contribution in [0.2, 0.25) is 5.02 Å². The molecule has 182 valence electrons. The number of halogens is 3. The van der Waals surface area contributed by atoms with Crippen molar-refractivity contribution in [2.75, 3.05) is 18.1 Å². The largest absolute Gasteiger partial charge is 0.399 e. The summed E-state index contributed by atoms with van der Waals surface area (Å²) in [7, 11) is 1.30. The monoisotopic (exact) mass is 497 g/mol. The molecule has 35 heavy (non-hydrogen) atoms. The minimum Gasteiger partial charge on any atom is -0.399 e. The van der Waals surface area contributed by atoms with Crippen LogP contribution in [-0.4, -0.2) is 30.4 Å². The molecule has 6 nitrogen and oxygen atoms in total. The van der Waals surface area contributed by atoms with Crippen LogP contribution in [0.15, 0.2) is 89.1 Å². The number of nitrogens with two attached hydrogens (primary N) is 1. The third-order valence-corrected chi connectivity index (χ3v) is 5.64. The Morgan fingerprint density at radius 3 is 2.49 bits per heavy atom. The maximum Gasteiger partial charge on any atom is 0.286 e. The van der Waals surface area contributed by atoms with Gasteiger partial charge in [0.15, 0.2) is 0 Å². The van der Waals surface area contributed by atoms with Gasteiger partial charge < -0.3 is 16.4 Å². The number of hydrogen-bond acceptors (Lipinski definition) is 5. The van der Waals surface area contributed by atoms with Crippen LogP contribution in [0.25, 0.3) is 0 Å². The number of para-hydroxylation sites is 1. The van der Waals surface area contributed by atoms with Crippen molar-refractivity contribution in [3.05, 3.63) is 94.7 Å². The summed E-state index contributed by atoms with van der Waals surface area (Å²) in [6.07, 6.45) is 6.72. The number of benzene rings is 2. The third kappa shape index (κ3) is 6.86. The van der Waals surface area contributed by atoms with E-state index in [0.29, 0.717) is 39.7 Å². The first kappa shape index (κ1) is 25.8. The zero-order chi connectivity index (χ0) is 25.6. The number of nitrogens with one attached hydrogen (secondary N) is 3. The van der Waals surface area contributed by atoms with Crippen LogP contribution in [0.1, 0.15) is 18.9 Å². The van der Waals surface area contributed by atoms with Gasteiger partial charge >= 0.3 is 0 Å². The number of nitrogens with zero attached hydrogens (tertiary/aromatic N) is 1. The van der Waals surface area contributed by atoms with Crippen molar-refractivity contribution in [1.29, 1.82) is 5.41 Å². The Kier molecular flexibility index (Phi) is 8.19. The van der Waals surface area contributed by atoms with Crippen molar-refractivity contribution in [3.63, 3.8) is 0 Å². The van der Waals surface area contributed by atoms with Crippen LogP contribution in [0, 0.1) is 11.3 Å². The summed E-state index contributed by atoms with van der Waals surface area (Å²) in [4.78, 5) is 16.4. The molecule has 1 amide bonds. The van der Waals surface area contributed by atoms with Gasteiger partial charge in [-0.15, -0.1) is 0 Å². The van der Waals surface area contributed by atoms with Crippen LogP contribution in [-0.2, 0) is 4.79 Å². The highest BCUT2D eigenvalue weighted by atomic mass is 35.5. The molecule has 0 radical (unpaired) electrons. The molecule has 0 bridgehead atoms. The van der Waals surface area contributed by atoms with Gasteiger partial charge in [-0.1, -0.05) is 42.0 Å². The molecule has 0 aliphatic heterocycles. The molecule has 3 rings (SSSR count). The van der Waals surface area contributed by atoms with Gasteiger partial charge in [0.25, 0.3) is 5.92 Å². The van der Waals surface area contributed by atoms with Crippen molar-refractivity contribution in [3.8, 4) is 0 Å². The molecule has 0 aromatic heterocycles. The maximum absolute atomic E-state index is 14.0. The first-order valence-corrected chi connectivity index (χ1v) is 11.2. The lowest BCUT2D eigenvalue weighted by molar-refractivity contribution is -0.122. The highest BCUT2D eigenvalue weighted by molar-refractivity contribution is 6.33. The van der Waals surface area contributed by atoms with Crippen molar-refractivity contribution >= 4 is 40.4 Å². The molecule has 1 aliphatic rings. The molecule has 0 saturated heterocycles. The van der Waals surface area contributed by atoms with Crippen molar-refractivity contribution in [2.45, 2.75) is 19.3 Å². The highest BCUT2D eigenvalue weighted by Gasteiger charge is 2.28. The number of anilines is 2. The van der Waals surface area contributed by atoms with Crippen LogP contribution in [0.3, 0.4) is 0 Å². The summed E-state index contributed by atoms with van der Waals surface area (Å²) in [6, 6.07) is 13.6. The quantitative estimate of drug-likeness (QED) is 0.228. The van der Waals surface area contributed by atoms with E-state index in [9.17, 15) is 13.6 Å². The summed E-state index contributed by atoms with van der Waals surface area (Å²) in [5, 5.41) is 14.3. The van der Waals surface area contributed by atoms with E-state index < -0.39 is 17.6 Å². The van der Waals surface area contributed by atoms with Crippen molar-refractivity contribution < 1.29 is 13.6 Å². The van der Waals surface area contributed by atoms with Crippen molar-refractivity contribution in [2.24, 2.45) is 10.9 Å². The number of allylic oxidation sites excluding steroid dienone is 3. The van der Waals surface area contributed by atoms with Gasteiger partial charge in [0.05, 0.1) is 16.6 Å². The predicted octanol–water partition coefficient (Wildman–Crippen LogP) is 5.59. The Bertz CT molecular complexity index is 1230. The average Bonchev–Trinajstić information content (AvgIpc) is 2.82. The Morgan fingerprint density at radius 1 is 1.23 bits per heavy atom. The Labute approximate surface area is 207 Å². The molecule has 9 heteroatoms. The van der Waals surface area contributed by atoms with Gasteiger partial charge in [-0.2, -0.15) is 8.78 Å². The van der Waals surface area contributed by atoms with E-state index >= 15 is 0 Å². The molecule has 2 aromatic rings. The molecular formula is C26H26ClF2N5O. The average molecular weight is 498 g/mol. The molecule has 2 aromatic carbocycles. The number of alkyl halides is 2. The molecule has 0 fully saturated rings. The lowest BCUT2D eigenvalue weighted by Crippen LogP contribution is -2.35. The second-order valence-corrected chi connectivity index (χ2v) is 8.41. The van der Waals surface area contributed by atoms with Crippen LogP contribution >= 0.6 is 11.6 Å². The van der Waals surface area contributed by atoms with Gasteiger partial charge in [-0.05, 0) is 54.5 Å². The van der Waals surface area contributed by atoms with Gasteiger partial charge in [0.1, 0.15) is 11.5 Å². The van der Waals surface area contributed by atoms with Crippen LogP contribution in [0.4, 0.5) is 20.2 Å². The van der Waals surface area contributed by atoms with E-state index in [0.717, 1.165) is 6.92 Å². The van der Waals surface area contributed by atoms with Crippen LogP contribution < -0.4 is 16.4 Å². The lowest BCUT2D eigenvalue weighted by Gasteiger charge is -2.20. The van der Waals surface area contributed by atoms with E-state index in [1.54, 1.807) is 66.8 Å². The molecule has 1 aliphatic carbocycles. The number of amidine groups is 1. The van der Waals surface area contributed by atoms with Crippen LogP contribution in [0.5, 0.6) is 0 Å². The second-order valence-electron chi connectivity index (χ2n) is 8.01. The molecule has 0 spiro atoms. The summed E-state index contributed by atoms with van der Waals surface area (Å²) in [6.45, 7) is 0.778. The van der Waals surface area contributed by atoms with E-state index in [1.165, 1.54) is 13.1 Å². The fourth-order valence-corrected chi connectivity index (χ4v) is 3.56. The molecule has 0 saturated carbocycles. The summed E-state index contributed by atoms with van der Waals surface area (Å²) < 4.78 is 28.1. The summed E-state index contributed by atoms with van der Waals surface area (Å²) in [5.41, 5.74) is 7.87. The Morgan fingerprint density at radius 2 is 1.91 bits per heavy atom. The zero-order valence-corrected chi connectivity index (χ0v) is 20.0. The number of carbonyl (C=O) groups is 1. The first-order valence-electron chi connectivity index (χ1n) is 10.8. The second kappa shape index (κ2) is 11.1. The number of amides is 1. The minimum atomic E-state index is -3.15. The molecule has 1 atom stereocenters. The number of carbonyl (C=O) groups excluding carboxylic acids is 1. The summed E-state index contributed by atoms with van der Waals surface area (Å²) >= 11 is 6.25.